The second kappa shape index (κ2) is 7.45. The Morgan fingerprint density at radius 2 is 1.57 bits per heavy atom. The van der Waals surface area contributed by atoms with E-state index in [0.717, 1.165) is 18.0 Å². The third kappa shape index (κ3) is 4.57. The molecule has 118 valence electrons. The van der Waals surface area contributed by atoms with Crippen molar-refractivity contribution in [2.75, 3.05) is 6.54 Å². The summed E-state index contributed by atoms with van der Waals surface area (Å²) in [5, 5.41) is 0. The maximum atomic E-state index is 2.72. The van der Waals surface area contributed by atoms with Gasteiger partial charge in [0.2, 0.25) is 0 Å². The van der Waals surface area contributed by atoms with Crippen LogP contribution in [0.2, 0.25) is 0 Å². The van der Waals surface area contributed by atoms with E-state index in [1.807, 2.05) is 0 Å². The second-order valence-electron chi connectivity index (χ2n) is 7.57. The third-order valence-electron chi connectivity index (χ3n) is 5.05. The average Bonchev–Trinajstić information content (AvgIpc) is 2.43. The van der Waals surface area contributed by atoms with Gasteiger partial charge in [-0.15, -0.1) is 0 Å². The summed E-state index contributed by atoms with van der Waals surface area (Å²) in [7, 11) is 0. The van der Waals surface area contributed by atoms with E-state index in [2.05, 4.69) is 63.8 Å². The molecule has 0 saturated carbocycles. The summed E-state index contributed by atoms with van der Waals surface area (Å²) in [5.74, 6) is 1.37. The highest BCUT2D eigenvalue weighted by atomic mass is 15.2. The van der Waals surface area contributed by atoms with Crippen molar-refractivity contribution >= 4 is 0 Å². The quantitative estimate of drug-likeness (QED) is 0.715. The van der Waals surface area contributed by atoms with Crippen LogP contribution in [0.25, 0.3) is 0 Å². The topological polar surface area (TPSA) is 3.24 Å². The van der Waals surface area contributed by atoms with Crippen molar-refractivity contribution in [3.05, 3.63) is 35.4 Å². The van der Waals surface area contributed by atoms with Gasteiger partial charge in [-0.05, 0) is 56.1 Å². The van der Waals surface area contributed by atoms with Crippen LogP contribution in [0.5, 0.6) is 0 Å². The van der Waals surface area contributed by atoms with Gasteiger partial charge < -0.3 is 0 Å². The molecule has 1 heterocycles. The Balaban J connectivity index is 1.97. The van der Waals surface area contributed by atoms with E-state index in [1.54, 1.807) is 0 Å². The number of piperidine rings is 1. The zero-order valence-corrected chi connectivity index (χ0v) is 14.6. The van der Waals surface area contributed by atoms with Crippen LogP contribution in [0.1, 0.15) is 70.9 Å². The van der Waals surface area contributed by atoms with E-state index in [1.165, 1.54) is 43.4 Å². The smallest absolute Gasteiger partial charge is 0.00700 e. The second-order valence-corrected chi connectivity index (χ2v) is 7.57. The van der Waals surface area contributed by atoms with E-state index >= 15 is 0 Å². The first-order chi connectivity index (χ1) is 9.97. The maximum Gasteiger partial charge on any atom is 0.00700 e. The number of rotatable bonds is 5. The molecule has 0 bridgehead atoms. The Labute approximate surface area is 131 Å². The Hall–Kier alpha value is -0.820. The summed E-state index contributed by atoms with van der Waals surface area (Å²) in [6.07, 6.45) is 5.32. The van der Waals surface area contributed by atoms with Crippen molar-refractivity contribution in [1.82, 2.24) is 4.90 Å². The molecule has 1 aromatic carbocycles. The minimum atomic E-state index is 0.626. The molecule has 21 heavy (non-hydrogen) atoms. The minimum Gasteiger partial charge on any atom is -0.297 e. The normalized spacial score (nSPS) is 25.2. The minimum absolute atomic E-state index is 0.626. The third-order valence-corrected chi connectivity index (χ3v) is 5.05. The Morgan fingerprint density at radius 1 is 1.00 bits per heavy atom. The zero-order valence-electron chi connectivity index (χ0n) is 14.6. The fourth-order valence-electron chi connectivity index (χ4n) is 3.71. The molecule has 3 atom stereocenters. The lowest BCUT2D eigenvalue weighted by Gasteiger charge is -2.40. The molecule has 0 radical (unpaired) electrons. The fraction of sp³-hybridized carbons (Fsp3) is 0.700. The highest BCUT2D eigenvalue weighted by Gasteiger charge is 2.26. The van der Waals surface area contributed by atoms with E-state index in [0.29, 0.717) is 5.92 Å². The SMILES string of the molecule is CC(C)Cc1ccc(C(C)CN2C(C)CCCC2C)cc1. The van der Waals surface area contributed by atoms with Crippen LogP contribution in [-0.2, 0) is 6.42 Å². The first kappa shape index (κ1) is 16.5. The van der Waals surface area contributed by atoms with Gasteiger partial charge in [-0.2, -0.15) is 0 Å². The molecule has 1 aromatic rings. The molecule has 1 heteroatoms. The molecule has 1 fully saturated rings. The van der Waals surface area contributed by atoms with Gasteiger partial charge in [0.05, 0.1) is 0 Å². The molecule has 1 saturated heterocycles. The van der Waals surface area contributed by atoms with Gasteiger partial charge in [-0.3, -0.25) is 4.90 Å². The van der Waals surface area contributed by atoms with Crippen molar-refractivity contribution in [2.45, 2.75) is 78.3 Å². The number of nitrogens with zero attached hydrogens (tertiary/aromatic N) is 1. The van der Waals surface area contributed by atoms with Crippen LogP contribution in [0, 0.1) is 5.92 Å². The van der Waals surface area contributed by atoms with Crippen LogP contribution in [0.3, 0.4) is 0 Å². The lowest BCUT2D eigenvalue weighted by Crippen LogP contribution is -2.45. The Kier molecular flexibility index (Phi) is 5.87. The van der Waals surface area contributed by atoms with Crippen molar-refractivity contribution in [3.8, 4) is 0 Å². The van der Waals surface area contributed by atoms with Crippen LogP contribution in [0.15, 0.2) is 24.3 Å². The molecule has 0 amide bonds. The predicted octanol–water partition coefficient (Wildman–Crippen LogP) is 5.25. The summed E-state index contributed by atoms with van der Waals surface area (Å²) >= 11 is 0. The van der Waals surface area contributed by atoms with Gasteiger partial charge in [0, 0.05) is 18.6 Å². The molecule has 1 nitrogen and oxygen atoms in total. The lowest BCUT2D eigenvalue weighted by atomic mass is 9.92. The van der Waals surface area contributed by atoms with Crippen molar-refractivity contribution in [2.24, 2.45) is 5.92 Å². The summed E-state index contributed by atoms with van der Waals surface area (Å²) in [4.78, 5) is 2.72. The molecular weight excluding hydrogens is 254 g/mol. The van der Waals surface area contributed by atoms with Gasteiger partial charge in [-0.25, -0.2) is 0 Å². The van der Waals surface area contributed by atoms with Crippen molar-refractivity contribution < 1.29 is 0 Å². The predicted molar refractivity (Wildman–Crippen MR) is 92.9 cm³/mol. The summed E-state index contributed by atoms with van der Waals surface area (Å²) in [5.41, 5.74) is 2.97. The molecular formula is C20H33N. The molecule has 0 spiro atoms. The summed E-state index contributed by atoms with van der Waals surface area (Å²) in [6.45, 7) is 12.9. The standard InChI is InChI=1S/C20H33N/c1-15(2)13-19-9-11-20(12-10-19)16(3)14-21-17(4)7-6-8-18(21)5/h9-12,15-18H,6-8,13-14H2,1-5H3. The highest BCUT2D eigenvalue weighted by Crippen LogP contribution is 2.26. The van der Waals surface area contributed by atoms with Gasteiger partial charge in [0.1, 0.15) is 0 Å². The zero-order chi connectivity index (χ0) is 15.4. The molecule has 0 aliphatic carbocycles. The van der Waals surface area contributed by atoms with Crippen LogP contribution in [0.4, 0.5) is 0 Å². The van der Waals surface area contributed by atoms with Gasteiger partial charge in [0.25, 0.3) is 0 Å². The summed E-state index contributed by atoms with van der Waals surface area (Å²) in [6, 6.07) is 10.8. The fourth-order valence-corrected chi connectivity index (χ4v) is 3.71. The van der Waals surface area contributed by atoms with E-state index < -0.39 is 0 Å². The largest absolute Gasteiger partial charge is 0.297 e. The van der Waals surface area contributed by atoms with Crippen LogP contribution < -0.4 is 0 Å². The Morgan fingerprint density at radius 3 is 2.10 bits per heavy atom. The number of benzene rings is 1. The molecule has 0 aromatic heterocycles. The van der Waals surface area contributed by atoms with Gasteiger partial charge >= 0.3 is 0 Å². The molecule has 2 rings (SSSR count). The van der Waals surface area contributed by atoms with Gasteiger partial charge in [0.15, 0.2) is 0 Å². The van der Waals surface area contributed by atoms with E-state index in [-0.39, 0.29) is 0 Å². The maximum absolute atomic E-state index is 2.72. The molecule has 1 aliphatic rings. The number of hydrogen-bond acceptors (Lipinski definition) is 1. The lowest BCUT2D eigenvalue weighted by molar-refractivity contribution is 0.0975. The molecule has 1 aliphatic heterocycles. The van der Waals surface area contributed by atoms with Crippen molar-refractivity contribution in [1.29, 1.82) is 0 Å². The van der Waals surface area contributed by atoms with Crippen LogP contribution >= 0.6 is 0 Å². The highest BCUT2D eigenvalue weighted by molar-refractivity contribution is 5.25. The van der Waals surface area contributed by atoms with Gasteiger partial charge in [-0.1, -0.05) is 51.5 Å². The van der Waals surface area contributed by atoms with Crippen molar-refractivity contribution in [3.63, 3.8) is 0 Å². The number of hydrogen-bond donors (Lipinski definition) is 0. The molecule has 0 N–H and O–H groups in total. The molecule has 3 unspecified atom stereocenters. The first-order valence-electron chi connectivity index (χ1n) is 8.82. The summed E-state index contributed by atoms with van der Waals surface area (Å²) < 4.78 is 0. The monoisotopic (exact) mass is 287 g/mol. The van der Waals surface area contributed by atoms with Crippen LogP contribution in [-0.4, -0.2) is 23.5 Å². The number of likely N-dealkylation sites (tertiary alicyclic amines) is 1. The van der Waals surface area contributed by atoms with E-state index in [4.69, 9.17) is 0 Å². The average molecular weight is 287 g/mol. The van der Waals surface area contributed by atoms with E-state index in [9.17, 15) is 0 Å². The Bertz CT molecular complexity index is 410. The first-order valence-corrected chi connectivity index (χ1v) is 8.82.